The number of aromatic nitrogens is 4. The van der Waals surface area contributed by atoms with Crippen molar-refractivity contribution < 1.29 is 18.7 Å². The standard InChI is InChI=1S/C19H17ClFN5O3/c1-11-23-24-25-26(11)13-3-4-15(21)16(10-13)22-18(27)9-12-7-14(20)19-17(8-12)28-5-2-6-29-19/h3-4,7-8,10H,2,5-6,9H2,1H3,(H,22,27). The number of carbonyl (C=O) groups is 1. The monoisotopic (exact) mass is 417 g/mol. The number of hydrogen-bond donors (Lipinski definition) is 1. The van der Waals surface area contributed by atoms with Gasteiger partial charge in [0.25, 0.3) is 0 Å². The van der Waals surface area contributed by atoms with Gasteiger partial charge in [-0.15, -0.1) is 5.10 Å². The fourth-order valence-electron chi connectivity index (χ4n) is 2.98. The molecule has 1 amide bonds. The SMILES string of the molecule is Cc1nnnn1-c1ccc(F)c(NC(=O)Cc2cc(Cl)c3c(c2)OCCCO3)c1. The van der Waals surface area contributed by atoms with Crippen molar-refractivity contribution in [2.45, 2.75) is 19.8 Å². The van der Waals surface area contributed by atoms with Crippen molar-refractivity contribution in [2.24, 2.45) is 0 Å². The summed E-state index contributed by atoms with van der Waals surface area (Å²) in [5.74, 6) is 0.546. The highest BCUT2D eigenvalue weighted by molar-refractivity contribution is 6.32. The second-order valence-electron chi connectivity index (χ2n) is 6.48. The lowest BCUT2D eigenvalue weighted by atomic mass is 10.1. The van der Waals surface area contributed by atoms with Crippen LogP contribution in [0.1, 0.15) is 17.8 Å². The van der Waals surface area contributed by atoms with Crippen LogP contribution >= 0.6 is 11.6 Å². The number of tetrazole rings is 1. The van der Waals surface area contributed by atoms with Crippen LogP contribution in [0.2, 0.25) is 5.02 Å². The van der Waals surface area contributed by atoms with Gasteiger partial charge in [-0.2, -0.15) is 4.68 Å². The average Bonchev–Trinajstić information content (AvgIpc) is 2.96. The lowest BCUT2D eigenvalue weighted by Gasteiger charge is -2.12. The molecule has 0 saturated heterocycles. The molecular weight excluding hydrogens is 401 g/mol. The van der Waals surface area contributed by atoms with E-state index in [1.54, 1.807) is 19.1 Å². The van der Waals surface area contributed by atoms with Gasteiger partial charge in [0, 0.05) is 6.42 Å². The second kappa shape index (κ2) is 8.04. The van der Waals surface area contributed by atoms with E-state index < -0.39 is 11.7 Å². The Kier molecular flexibility index (Phi) is 5.30. The van der Waals surface area contributed by atoms with Crippen LogP contribution in [0.25, 0.3) is 5.69 Å². The zero-order chi connectivity index (χ0) is 20.4. The van der Waals surface area contributed by atoms with Gasteiger partial charge in [0.2, 0.25) is 5.91 Å². The number of halogens is 2. The fourth-order valence-corrected chi connectivity index (χ4v) is 3.26. The Morgan fingerprint density at radius 1 is 1.28 bits per heavy atom. The van der Waals surface area contributed by atoms with Gasteiger partial charge in [0.15, 0.2) is 17.3 Å². The number of nitrogens with zero attached hydrogens (tertiary/aromatic N) is 4. The first-order valence-electron chi connectivity index (χ1n) is 8.94. The molecule has 1 aromatic heterocycles. The number of carbonyl (C=O) groups excluding carboxylic acids is 1. The Morgan fingerprint density at radius 2 is 2.10 bits per heavy atom. The van der Waals surface area contributed by atoms with E-state index in [4.69, 9.17) is 21.1 Å². The van der Waals surface area contributed by atoms with Crippen molar-refractivity contribution in [3.63, 3.8) is 0 Å². The number of ether oxygens (including phenoxy) is 2. The van der Waals surface area contributed by atoms with Gasteiger partial charge in [-0.3, -0.25) is 4.79 Å². The highest BCUT2D eigenvalue weighted by atomic mass is 35.5. The predicted molar refractivity (Wildman–Crippen MR) is 103 cm³/mol. The summed E-state index contributed by atoms with van der Waals surface area (Å²) in [6.07, 6.45) is 0.737. The van der Waals surface area contributed by atoms with E-state index in [-0.39, 0.29) is 12.1 Å². The molecule has 2 aromatic carbocycles. The number of amides is 1. The molecule has 0 saturated carbocycles. The number of benzene rings is 2. The van der Waals surface area contributed by atoms with Gasteiger partial charge < -0.3 is 14.8 Å². The van der Waals surface area contributed by atoms with E-state index in [2.05, 4.69) is 20.8 Å². The third-order valence-electron chi connectivity index (χ3n) is 4.32. The number of aryl methyl sites for hydroxylation is 1. The molecule has 8 nitrogen and oxygen atoms in total. The molecule has 1 aliphatic rings. The summed E-state index contributed by atoms with van der Waals surface area (Å²) in [4.78, 5) is 12.5. The quantitative estimate of drug-likeness (QED) is 0.701. The Labute approximate surface area is 170 Å². The second-order valence-corrected chi connectivity index (χ2v) is 6.89. The first-order valence-corrected chi connectivity index (χ1v) is 9.32. The zero-order valence-corrected chi connectivity index (χ0v) is 16.2. The minimum Gasteiger partial charge on any atom is -0.489 e. The molecule has 0 bridgehead atoms. The van der Waals surface area contributed by atoms with E-state index in [0.29, 0.717) is 46.8 Å². The molecule has 10 heteroatoms. The largest absolute Gasteiger partial charge is 0.489 e. The molecule has 150 valence electrons. The summed E-state index contributed by atoms with van der Waals surface area (Å²) in [6, 6.07) is 7.60. The van der Waals surface area contributed by atoms with Crippen molar-refractivity contribution >= 4 is 23.2 Å². The van der Waals surface area contributed by atoms with Crippen LogP contribution in [-0.4, -0.2) is 39.3 Å². The van der Waals surface area contributed by atoms with Crippen LogP contribution < -0.4 is 14.8 Å². The van der Waals surface area contributed by atoms with E-state index in [1.807, 2.05) is 0 Å². The van der Waals surface area contributed by atoms with Crippen LogP contribution in [0.3, 0.4) is 0 Å². The summed E-state index contributed by atoms with van der Waals surface area (Å²) in [5, 5.41) is 14.2. The molecule has 3 aromatic rings. The van der Waals surface area contributed by atoms with Gasteiger partial charge >= 0.3 is 0 Å². The molecule has 0 fully saturated rings. The number of rotatable bonds is 4. The molecule has 0 spiro atoms. The lowest BCUT2D eigenvalue weighted by molar-refractivity contribution is -0.115. The third kappa shape index (κ3) is 4.14. The molecule has 0 aliphatic carbocycles. The van der Waals surface area contributed by atoms with Crippen LogP contribution in [0.4, 0.5) is 10.1 Å². The normalized spacial score (nSPS) is 13.1. The Morgan fingerprint density at radius 3 is 2.90 bits per heavy atom. The van der Waals surface area contributed by atoms with Gasteiger partial charge in [0.1, 0.15) is 5.82 Å². The average molecular weight is 418 g/mol. The molecule has 1 aliphatic heterocycles. The summed E-state index contributed by atoms with van der Waals surface area (Å²) >= 11 is 6.26. The van der Waals surface area contributed by atoms with Crippen molar-refractivity contribution in [2.75, 3.05) is 18.5 Å². The predicted octanol–water partition coefficient (Wildman–Crippen LogP) is 3.11. The molecular formula is C19H17ClFN5O3. The number of fused-ring (bicyclic) bond motifs is 1. The first kappa shape index (κ1) is 19.1. The van der Waals surface area contributed by atoms with Gasteiger partial charge in [-0.1, -0.05) is 11.6 Å². The summed E-state index contributed by atoms with van der Waals surface area (Å²) < 4.78 is 26.9. The number of anilines is 1. The Hall–Kier alpha value is -3.20. The molecule has 0 radical (unpaired) electrons. The van der Waals surface area contributed by atoms with E-state index in [1.165, 1.54) is 22.9 Å². The lowest BCUT2D eigenvalue weighted by Crippen LogP contribution is -2.16. The fraction of sp³-hybridized carbons (Fsp3) is 0.263. The minimum absolute atomic E-state index is 0.00998. The summed E-state index contributed by atoms with van der Waals surface area (Å²) in [6.45, 7) is 2.74. The van der Waals surface area contributed by atoms with Crippen molar-refractivity contribution in [1.29, 1.82) is 0 Å². The number of nitrogens with one attached hydrogen (secondary N) is 1. The number of hydrogen-bond acceptors (Lipinski definition) is 6. The minimum atomic E-state index is -0.565. The topological polar surface area (TPSA) is 91.2 Å². The van der Waals surface area contributed by atoms with Gasteiger partial charge in [0.05, 0.1) is 36.0 Å². The van der Waals surface area contributed by atoms with Crippen molar-refractivity contribution in [3.05, 3.63) is 52.6 Å². The third-order valence-corrected chi connectivity index (χ3v) is 4.60. The molecule has 0 unspecified atom stereocenters. The molecule has 0 atom stereocenters. The van der Waals surface area contributed by atoms with Crippen LogP contribution in [-0.2, 0) is 11.2 Å². The van der Waals surface area contributed by atoms with Crippen LogP contribution in [0.5, 0.6) is 11.5 Å². The van der Waals surface area contributed by atoms with Gasteiger partial charge in [-0.05, 0) is 53.2 Å². The first-order chi connectivity index (χ1) is 14.0. The maximum absolute atomic E-state index is 14.2. The zero-order valence-electron chi connectivity index (χ0n) is 15.5. The maximum Gasteiger partial charge on any atom is 0.228 e. The maximum atomic E-state index is 14.2. The Bertz CT molecular complexity index is 1070. The van der Waals surface area contributed by atoms with Gasteiger partial charge in [-0.25, -0.2) is 4.39 Å². The molecule has 4 rings (SSSR count). The van der Waals surface area contributed by atoms with E-state index in [9.17, 15) is 9.18 Å². The Balaban J connectivity index is 1.53. The smallest absolute Gasteiger partial charge is 0.228 e. The molecule has 1 N–H and O–H groups in total. The highest BCUT2D eigenvalue weighted by Gasteiger charge is 2.17. The highest BCUT2D eigenvalue weighted by Crippen LogP contribution is 2.38. The van der Waals surface area contributed by atoms with Crippen LogP contribution in [0.15, 0.2) is 30.3 Å². The van der Waals surface area contributed by atoms with Crippen molar-refractivity contribution in [3.8, 4) is 17.2 Å². The van der Waals surface area contributed by atoms with Crippen molar-refractivity contribution in [1.82, 2.24) is 20.2 Å². The van der Waals surface area contributed by atoms with E-state index in [0.717, 1.165) is 6.42 Å². The summed E-state index contributed by atoms with van der Waals surface area (Å²) in [7, 11) is 0. The molecule has 29 heavy (non-hydrogen) atoms. The summed E-state index contributed by atoms with van der Waals surface area (Å²) in [5.41, 5.74) is 1.19. The van der Waals surface area contributed by atoms with Crippen LogP contribution in [0, 0.1) is 12.7 Å². The molecule has 2 heterocycles. The van der Waals surface area contributed by atoms with E-state index >= 15 is 0 Å².